The fourth-order valence-electron chi connectivity index (χ4n) is 2.76. The van der Waals surface area contributed by atoms with Crippen molar-refractivity contribution >= 4 is 28.4 Å². The molecule has 0 unspecified atom stereocenters. The van der Waals surface area contributed by atoms with Crippen LogP contribution in [0.15, 0.2) is 53.3 Å². The van der Waals surface area contributed by atoms with Crippen molar-refractivity contribution in [1.29, 1.82) is 0 Å². The number of carbonyl (C=O) groups excluding carboxylic acids is 1. The summed E-state index contributed by atoms with van der Waals surface area (Å²) < 4.78 is 7.05. The number of fused-ring (bicyclic) bond motifs is 1. The fourth-order valence-corrected chi connectivity index (χ4v) is 2.94. The first-order valence-corrected chi connectivity index (χ1v) is 9.03. The van der Waals surface area contributed by atoms with Crippen molar-refractivity contribution in [2.45, 2.75) is 19.9 Å². The van der Waals surface area contributed by atoms with Gasteiger partial charge in [0.15, 0.2) is 0 Å². The Kier molecular flexibility index (Phi) is 6.08. The van der Waals surface area contributed by atoms with Gasteiger partial charge < -0.3 is 10.1 Å². The second-order valence-corrected chi connectivity index (χ2v) is 6.48. The molecular formula is C20H20ClN3O3. The lowest BCUT2D eigenvalue weighted by atomic mass is 10.2. The highest BCUT2D eigenvalue weighted by atomic mass is 35.5. The minimum Gasteiger partial charge on any atom is -0.492 e. The Morgan fingerprint density at radius 3 is 2.85 bits per heavy atom. The number of carbonyl (C=O) groups is 1. The van der Waals surface area contributed by atoms with Crippen LogP contribution in [-0.4, -0.2) is 28.6 Å². The zero-order chi connectivity index (χ0) is 19.2. The Morgan fingerprint density at radius 2 is 2.04 bits per heavy atom. The summed E-state index contributed by atoms with van der Waals surface area (Å²) in [6, 6.07) is 14.3. The normalized spacial score (nSPS) is 10.7. The van der Waals surface area contributed by atoms with Gasteiger partial charge in [0, 0.05) is 18.0 Å². The van der Waals surface area contributed by atoms with E-state index in [0.29, 0.717) is 40.7 Å². The summed E-state index contributed by atoms with van der Waals surface area (Å²) in [6.07, 6.45) is 0.192. The van der Waals surface area contributed by atoms with E-state index in [0.717, 1.165) is 0 Å². The third-order valence-corrected chi connectivity index (χ3v) is 4.34. The minimum atomic E-state index is -0.149. The molecule has 1 aromatic heterocycles. The highest BCUT2D eigenvalue weighted by Crippen LogP contribution is 2.16. The molecular weight excluding hydrogens is 366 g/mol. The highest BCUT2D eigenvalue weighted by molar-refractivity contribution is 6.30. The number of ether oxygens (including phenoxy) is 1. The number of aromatic nitrogens is 2. The third-order valence-electron chi connectivity index (χ3n) is 4.10. The van der Waals surface area contributed by atoms with E-state index in [9.17, 15) is 9.59 Å². The molecule has 3 rings (SSSR count). The average molecular weight is 386 g/mol. The molecule has 0 aliphatic carbocycles. The van der Waals surface area contributed by atoms with Crippen LogP contribution in [0.3, 0.4) is 0 Å². The summed E-state index contributed by atoms with van der Waals surface area (Å²) in [5.74, 6) is 1.10. The Hall–Kier alpha value is -2.86. The molecule has 0 saturated carbocycles. The molecule has 0 aliphatic rings. The number of amides is 1. The lowest BCUT2D eigenvalue weighted by Crippen LogP contribution is -2.31. The summed E-state index contributed by atoms with van der Waals surface area (Å²) in [5, 5.41) is 3.93. The van der Waals surface area contributed by atoms with Crippen LogP contribution in [-0.2, 0) is 11.3 Å². The van der Waals surface area contributed by atoms with Gasteiger partial charge in [-0.1, -0.05) is 29.8 Å². The van der Waals surface area contributed by atoms with Gasteiger partial charge in [0.25, 0.3) is 5.56 Å². The highest BCUT2D eigenvalue weighted by Gasteiger charge is 2.09. The number of benzene rings is 2. The Morgan fingerprint density at radius 1 is 1.22 bits per heavy atom. The Labute approximate surface area is 161 Å². The summed E-state index contributed by atoms with van der Waals surface area (Å²) in [4.78, 5) is 29.0. The van der Waals surface area contributed by atoms with E-state index in [4.69, 9.17) is 16.3 Å². The lowest BCUT2D eigenvalue weighted by Gasteiger charge is -2.11. The number of rotatable bonds is 7. The van der Waals surface area contributed by atoms with Crippen molar-refractivity contribution < 1.29 is 9.53 Å². The van der Waals surface area contributed by atoms with Gasteiger partial charge in [-0.25, -0.2) is 4.98 Å². The van der Waals surface area contributed by atoms with E-state index in [1.165, 1.54) is 4.57 Å². The smallest absolute Gasteiger partial charge is 0.261 e. The topological polar surface area (TPSA) is 73.2 Å². The second-order valence-electron chi connectivity index (χ2n) is 6.04. The first kappa shape index (κ1) is 18.9. The average Bonchev–Trinajstić information content (AvgIpc) is 2.65. The van der Waals surface area contributed by atoms with Crippen molar-refractivity contribution in [3.05, 3.63) is 69.7 Å². The van der Waals surface area contributed by atoms with Gasteiger partial charge in [-0.2, -0.15) is 0 Å². The summed E-state index contributed by atoms with van der Waals surface area (Å²) >= 11 is 5.89. The molecule has 0 atom stereocenters. The fraction of sp³-hybridized carbons (Fsp3) is 0.250. The monoisotopic (exact) mass is 385 g/mol. The summed E-state index contributed by atoms with van der Waals surface area (Å²) in [7, 11) is 0. The largest absolute Gasteiger partial charge is 0.492 e. The molecule has 7 heteroatoms. The van der Waals surface area contributed by atoms with Crippen LogP contribution in [0.1, 0.15) is 12.2 Å². The molecule has 1 N–H and O–H groups in total. The van der Waals surface area contributed by atoms with Crippen LogP contribution in [0.5, 0.6) is 5.75 Å². The maximum atomic E-state index is 12.6. The first-order chi connectivity index (χ1) is 13.0. The van der Waals surface area contributed by atoms with Gasteiger partial charge in [0.05, 0.1) is 17.4 Å². The van der Waals surface area contributed by atoms with Crippen LogP contribution in [0.2, 0.25) is 5.02 Å². The standard InChI is InChI=1S/C20H20ClN3O3/c1-14-23-18-8-3-2-7-17(18)20(26)24(14)11-9-19(25)22-10-12-27-16-6-4-5-15(21)13-16/h2-8,13H,9-12H2,1H3,(H,22,25). The zero-order valence-corrected chi connectivity index (χ0v) is 15.7. The number of hydrogen-bond donors (Lipinski definition) is 1. The quantitative estimate of drug-likeness (QED) is 0.634. The third kappa shape index (κ3) is 4.86. The first-order valence-electron chi connectivity index (χ1n) is 8.66. The molecule has 1 heterocycles. The predicted molar refractivity (Wildman–Crippen MR) is 105 cm³/mol. The van der Waals surface area contributed by atoms with Gasteiger partial charge in [-0.3, -0.25) is 14.2 Å². The number of nitrogens with one attached hydrogen (secondary N) is 1. The molecule has 0 bridgehead atoms. The number of hydrogen-bond acceptors (Lipinski definition) is 4. The molecule has 0 fully saturated rings. The van der Waals surface area contributed by atoms with Crippen molar-refractivity contribution in [2.24, 2.45) is 0 Å². The molecule has 0 saturated heterocycles. The van der Waals surface area contributed by atoms with Crippen molar-refractivity contribution in [2.75, 3.05) is 13.2 Å². The van der Waals surface area contributed by atoms with E-state index in [-0.39, 0.29) is 24.4 Å². The van der Waals surface area contributed by atoms with Crippen LogP contribution in [0, 0.1) is 6.92 Å². The van der Waals surface area contributed by atoms with Gasteiger partial charge in [-0.05, 0) is 37.3 Å². The van der Waals surface area contributed by atoms with Crippen LogP contribution < -0.4 is 15.6 Å². The van der Waals surface area contributed by atoms with E-state index in [2.05, 4.69) is 10.3 Å². The molecule has 0 spiro atoms. The SMILES string of the molecule is Cc1nc2ccccc2c(=O)n1CCC(=O)NCCOc1cccc(Cl)c1. The summed E-state index contributed by atoms with van der Waals surface area (Å²) in [5.41, 5.74) is 0.536. The zero-order valence-electron chi connectivity index (χ0n) is 14.9. The van der Waals surface area contributed by atoms with E-state index in [1.54, 1.807) is 49.4 Å². The predicted octanol–water partition coefficient (Wildman–Crippen LogP) is 2.94. The number of nitrogens with zero attached hydrogens (tertiary/aromatic N) is 2. The van der Waals surface area contributed by atoms with Crippen molar-refractivity contribution in [3.8, 4) is 5.75 Å². The Balaban J connectivity index is 1.51. The molecule has 140 valence electrons. The molecule has 1 amide bonds. The molecule has 27 heavy (non-hydrogen) atoms. The maximum absolute atomic E-state index is 12.6. The number of aryl methyl sites for hydroxylation is 1. The minimum absolute atomic E-state index is 0.129. The van der Waals surface area contributed by atoms with Crippen molar-refractivity contribution in [1.82, 2.24) is 14.9 Å². The molecule has 0 radical (unpaired) electrons. The van der Waals surface area contributed by atoms with E-state index in [1.807, 2.05) is 6.07 Å². The van der Waals surface area contributed by atoms with Crippen LogP contribution >= 0.6 is 11.6 Å². The second kappa shape index (κ2) is 8.68. The number of para-hydroxylation sites is 1. The van der Waals surface area contributed by atoms with Crippen LogP contribution in [0.4, 0.5) is 0 Å². The molecule has 3 aromatic rings. The van der Waals surface area contributed by atoms with Gasteiger partial charge in [0.1, 0.15) is 18.2 Å². The van der Waals surface area contributed by atoms with E-state index >= 15 is 0 Å². The van der Waals surface area contributed by atoms with Gasteiger partial charge in [-0.15, -0.1) is 0 Å². The van der Waals surface area contributed by atoms with Gasteiger partial charge in [0.2, 0.25) is 5.91 Å². The number of halogens is 1. The molecule has 0 aliphatic heterocycles. The van der Waals surface area contributed by atoms with Crippen LogP contribution in [0.25, 0.3) is 10.9 Å². The van der Waals surface area contributed by atoms with E-state index < -0.39 is 0 Å². The maximum Gasteiger partial charge on any atom is 0.261 e. The Bertz CT molecular complexity index is 1020. The molecule has 2 aromatic carbocycles. The van der Waals surface area contributed by atoms with Gasteiger partial charge >= 0.3 is 0 Å². The van der Waals surface area contributed by atoms with Crippen molar-refractivity contribution in [3.63, 3.8) is 0 Å². The summed E-state index contributed by atoms with van der Waals surface area (Å²) in [6.45, 7) is 2.76. The molecule has 6 nitrogen and oxygen atoms in total. The lowest BCUT2D eigenvalue weighted by molar-refractivity contribution is -0.121.